The summed E-state index contributed by atoms with van der Waals surface area (Å²) < 4.78 is 38.8. The number of hydrogen-bond donors (Lipinski definition) is 2. The van der Waals surface area contributed by atoms with E-state index in [0.717, 1.165) is 90.8 Å². The van der Waals surface area contributed by atoms with Crippen molar-refractivity contribution in [3.8, 4) is 84.4 Å². The van der Waals surface area contributed by atoms with E-state index in [0.29, 0.717) is 11.4 Å². The van der Waals surface area contributed by atoms with Crippen LogP contribution in [0.1, 0.15) is 30.5 Å². The minimum atomic E-state index is -0.645. The van der Waals surface area contributed by atoms with Crippen molar-refractivity contribution >= 4 is 11.5 Å². The van der Waals surface area contributed by atoms with Gasteiger partial charge in [0, 0.05) is 199 Å². The van der Waals surface area contributed by atoms with Gasteiger partial charge in [-0.15, -0.1) is 137 Å². The second kappa shape index (κ2) is 47.4. The molecule has 0 saturated heterocycles. The molecule has 0 aliphatic carbocycles. The van der Waals surface area contributed by atoms with Crippen LogP contribution in [0, 0.1) is 68.6 Å². The maximum absolute atomic E-state index is 13.4. The molecule has 4 radical (unpaired) electrons. The summed E-state index contributed by atoms with van der Waals surface area (Å²) >= 11 is 0. The number of para-hydroxylation sites is 1. The molecule has 13 rings (SSSR count). The molecule has 6 heterocycles. The second-order valence-corrected chi connectivity index (χ2v) is 21.2. The summed E-state index contributed by atoms with van der Waals surface area (Å²) in [6, 6.07) is 87.7. The van der Waals surface area contributed by atoms with E-state index in [1.165, 1.54) is 43.2 Å². The van der Waals surface area contributed by atoms with Gasteiger partial charge in [0.25, 0.3) is 0 Å². The van der Waals surface area contributed by atoms with Gasteiger partial charge in [-0.3, -0.25) is 27.9 Å². The Balaban J connectivity index is 0.000000398. The molecule has 100 heavy (non-hydrogen) atoms. The normalized spacial score (nSPS) is 9.68. The second-order valence-electron chi connectivity index (χ2n) is 21.2. The Morgan fingerprint density at radius 1 is 0.430 bits per heavy atom. The zero-order chi connectivity index (χ0) is 67.7. The Morgan fingerprint density at radius 3 is 1.40 bits per heavy atom. The first-order valence-corrected chi connectivity index (χ1v) is 30.0. The largest absolute Gasteiger partial charge is 0.512 e. The number of carbonyl (C=O) groups is 1. The van der Waals surface area contributed by atoms with Crippen LogP contribution in [0.4, 0.5) is 18.9 Å². The molecule has 0 unspecified atom stereocenters. The summed E-state index contributed by atoms with van der Waals surface area (Å²) in [4.78, 5) is 37.4. The number of aromatic nitrogens is 6. The van der Waals surface area contributed by atoms with Crippen LogP contribution >= 0.6 is 0 Å². The fraction of sp³-hybridized carbons (Fsp3) is 0.0854. The molecule has 0 fully saturated rings. The third-order valence-electron chi connectivity index (χ3n) is 13.2. The Bertz CT molecular complexity index is 4430. The molecule has 2 N–H and O–H groups in total. The number of carbonyl (C=O) groups excluding carboxylic acids is 1. The van der Waals surface area contributed by atoms with E-state index >= 15 is 0 Å². The first kappa shape index (κ1) is 87.4. The Morgan fingerprint density at radius 2 is 0.920 bits per heavy atom. The molecule has 0 spiro atoms. The van der Waals surface area contributed by atoms with E-state index < -0.39 is 11.6 Å². The van der Waals surface area contributed by atoms with Crippen LogP contribution < -0.4 is 4.90 Å². The number of ketones is 1. The number of aryl methyl sites for hydroxylation is 3. The first-order valence-electron chi connectivity index (χ1n) is 30.0. The molecule has 10 nitrogen and oxygen atoms in total. The van der Waals surface area contributed by atoms with Crippen molar-refractivity contribution in [1.29, 1.82) is 0 Å². The van der Waals surface area contributed by atoms with Crippen LogP contribution in [-0.2, 0) is 106 Å². The van der Waals surface area contributed by atoms with Crippen molar-refractivity contribution in [3.63, 3.8) is 0 Å². The molecular weight excluding hydrogens is 2150 g/mol. The van der Waals surface area contributed by atoms with Crippen molar-refractivity contribution in [2.45, 2.75) is 34.6 Å². The van der Waals surface area contributed by atoms with Gasteiger partial charge >= 0.3 is 0 Å². The van der Waals surface area contributed by atoms with E-state index in [9.17, 15) is 23.1 Å². The minimum absolute atomic E-state index is 0. The number of anilines is 1. The Kier molecular flexibility index (Phi) is 41.4. The molecule has 13 aromatic rings. The van der Waals surface area contributed by atoms with Gasteiger partial charge in [-0.05, 0) is 91.6 Å². The van der Waals surface area contributed by atoms with Gasteiger partial charge in [0.2, 0.25) is 0 Å². The standard InChI is InChI=1S/C16H11N2.C13H12FN2.C12H8F2N.2C12H10N.C12H10O.C5H8O2.4Ir.Pt/c1-3-10-17-15(8-1)13-6-5-7-14(12-13)16-9-2-4-11-18-16;1-16(2)12-7-8-15-13(9-12)10-3-5-11(14)6-4-10;1-8-4-5-15-12(6-8)10-3-2-9(13)7-11(10)14;1-10-5-4-6-11(9-10)12-7-2-3-8-13-12;1-10-5-7-11(8-6-10)12-4-2-3-9-13-12;13-12-9-5-4-8-11(12)10-6-2-1-3-7-10;1-4(6)3-5(2)7;;;;;/h1-11H;3,5-9H,1-2H3;2,4-7H,1H3;2-5,7-9H,1H3;2-7,9H,1H3;1-9,13H;3,6H,1-2H3;;;;;/q5*-1;;;;;;;. The number of rotatable bonds is 9. The average Bonchev–Trinajstić information content (AvgIpc) is 0.866. The maximum Gasteiger partial charge on any atom is 0.155 e. The molecule has 0 saturated carbocycles. The van der Waals surface area contributed by atoms with Gasteiger partial charge in [-0.2, -0.15) is 0 Å². The van der Waals surface area contributed by atoms with Gasteiger partial charge in [0.1, 0.15) is 5.75 Å². The van der Waals surface area contributed by atoms with Crippen molar-refractivity contribution in [3.05, 3.63) is 350 Å². The summed E-state index contributed by atoms with van der Waals surface area (Å²) in [5.41, 5.74) is 16.5. The van der Waals surface area contributed by atoms with Crippen LogP contribution in [-0.4, -0.2) is 60.0 Å². The smallest absolute Gasteiger partial charge is 0.155 e. The van der Waals surface area contributed by atoms with Gasteiger partial charge in [-0.25, -0.2) is 0 Å². The van der Waals surface area contributed by atoms with E-state index in [1.54, 1.807) is 55.4 Å². The number of pyridine rings is 6. The summed E-state index contributed by atoms with van der Waals surface area (Å²) in [5.74, 6) is -1.30. The summed E-state index contributed by atoms with van der Waals surface area (Å²) in [6.45, 7) is 8.85. The number of phenols is 1. The molecular formula is C82H69F3Ir4N7O3Pt-5. The topological polar surface area (TPSA) is 138 Å². The van der Waals surface area contributed by atoms with E-state index in [-0.39, 0.29) is 124 Å². The fourth-order valence-corrected chi connectivity index (χ4v) is 8.60. The number of hydrogen-bond acceptors (Lipinski definition) is 10. The van der Waals surface area contributed by atoms with Crippen LogP contribution in [0.15, 0.2) is 286 Å². The van der Waals surface area contributed by atoms with Crippen molar-refractivity contribution in [2.75, 3.05) is 19.0 Å². The number of benzene rings is 7. The van der Waals surface area contributed by atoms with Crippen molar-refractivity contribution < 1.29 is 130 Å². The SMILES string of the molecule is CC(=O)C=C(C)O.CN(C)c1ccnc(-c2[c-]cc(F)cc2)c1.Cc1c[c-]c(-c2ccccn2)cc1.Cc1cc[c-]c(-c2ccccn2)c1.Cc1ccnc(-c2[c-]cc(F)cc2F)c1.Oc1ccccc1-c1ccccc1.[Ir].[Ir].[Ir].[Ir].[Pt].[c-]1c(-c2ccccn2)cccc1-c1ccccn1. The average molecular weight is 2220 g/mol. The monoisotopic (exact) mass is 2220 g/mol. The van der Waals surface area contributed by atoms with E-state index in [4.69, 9.17) is 5.11 Å². The first-order chi connectivity index (χ1) is 46.0. The molecule has 0 aliphatic heterocycles. The Hall–Kier alpha value is -8.67. The molecule has 0 atom stereocenters. The molecule has 0 amide bonds. The predicted octanol–water partition coefficient (Wildman–Crippen LogP) is 19.3. The molecule has 18 heteroatoms. The molecule has 0 aliphatic rings. The zero-order valence-electron chi connectivity index (χ0n) is 55.3. The van der Waals surface area contributed by atoms with Crippen LogP contribution in [0.5, 0.6) is 5.75 Å². The third-order valence-corrected chi connectivity index (χ3v) is 13.2. The van der Waals surface area contributed by atoms with Crippen LogP contribution in [0.25, 0.3) is 78.7 Å². The predicted molar refractivity (Wildman–Crippen MR) is 375 cm³/mol. The number of aliphatic hydroxyl groups excluding tert-OH is 1. The summed E-state index contributed by atoms with van der Waals surface area (Å²) in [5, 5.41) is 17.9. The molecule has 0 bridgehead atoms. The van der Waals surface area contributed by atoms with Gasteiger partial charge < -0.3 is 35.0 Å². The van der Waals surface area contributed by atoms with Gasteiger partial charge in [0.05, 0.1) is 5.76 Å². The summed E-state index contributed by atoms with van der Waals surface area (Å²) in [6.07, 6.45) is 11.7. The Labute approximate surface area is 653 Å². The number of aromatic hydroxyl groups is 1. The van der Waals surface area contributed by atoms with Gasteiger partial charge in [0.15, 0.2) is 5.78 Å². The van der Waals surface area contributed by atoms with E-state index in [2.05, 4.69) is 86.2 Å². The molecule has 7 aromatic carbocycles. The number of nitrogens with zero attached hydrogens (tertiary/aromatic N) is 7. The third kappa shape index (κ3) is 30.4. The molecule has 522 valence electrons. The zero-order valence-corrected chi connectivity index (χ0v) is 67.1. The summed E-state index contributed by atoms with van der Waals surface area (Å²) in [7, 11) is 3.93. The van der Waals surface area contributed by atoms with E-state index in [1.807, 2.05) is 208 Å². The number of phenolic OH excluding ortho intramolecular Hbond substituents is 1. The van der Waals surface area contributed by atoms with Crippen molar-refractivity contribution in [1.82, 2.24) is 29.9 Å². The fourth-order valence-electron chi connectivity index (χ4n) is 8.60. The quantitative estimate of drug-likeness (QED) is 0.0816. The van der Waals surface area contributed by atoms with Gasteiger partial charge in [-0.1, -0.05) is 151 Å². The number of aliphatic hydroxyl groups is 1. The van der Waals surface area contributed by atoms with Crippen LogP contribution in [0.2, 0.25) is 0 Å². The maximum atomic E-state index is 13.4. The van der Waals surface area contributed by atoms with Crippen LogP contribution in [0.3, 0.4) is 0 Å². The number of allylic oxidation sites excluding steroid dienone is 2. The minimum Gasteiger partial charge on any atom is -0.512 e. The number of halogens is 3. The molecule has 6 aromatic heterocycles. The van der Waals surface area contributed by atoms with Crippen molar-refractivity contribution in [2.24, 2.45) is 0 Å².